The van der Waals surface area contributed by atoms with E-state index in [0.717, 1.165) is 12.0 Å². The van der Waals surface area contributed by atoms with Crippen molar-refractivity contribution in [3.8, 4) is 0 Å². The van der Waals surface area contributed by atoms with Crippen LogP contribution in [0.2, 0.25) is 0 Å². The third-order valence-electron chi connectivity index (χ3n) is 4.12. The van der Waals surface area contributed by atoms with E-state index < -0.39 is 12.0 Å². The van der Waals surface area contributed by atoms with E-state index >= 15 is 0 Å². The molecule has 0 aromatic heterocycles. The molecule has 4 nitrogen and oxygen atoms in total. The van der Waals surface area contributed by atoms with E-state index in [9.17, 15) is 14.7 Å². The second kappa shape index (κ2) is 7.54. The first-order valence-corrected chi connectivity index (χ1v) is 7.99. The number of benzene rings is 1. The number of hydrogen-bond acceptors (Lipinski definition) is 3. The number of aliphatic hydroxyl groups is 1. The van der Waals surface area contributed by atoms with Crippen LogP contribution in [0, 0.1) is 11.8 Å². The Hall–Kier alpha value is -1.68. The van der Waals surface area contributed by atoms with Gasteiger partial charge in [0.05, 0.1) is 12.0 Å². The summed E-state index contributed by atoms with van der Waals surface area (Å²) in [7, 11) is 0. The number of carbonyl (C=O) groups is 2. The second-order valence-corrected chi connectivity index (χ2v) is 6.65. The molecule has 1 saturated heterocycles. The lowest BCUT2D eigenvalue weighted by molar-refractivity contribution is -0.127. The summed E-state index contributed by atoms with van der Waals surface area (Å²) in [4.78, 5) is 24.0. The summed E-state index contributed by atoms with van der Waals surface area (Å²) in [5, 5.41) is 13.2. The van der Waals surface area contributed by atoms with Gasteiger partial charge >= 0.3 is 0 Å². The highest BCUT2D eigenvalue weighted by atomic mass is 16.3. The summed E-state index contributed by atoms with van der Waals surface area (Å²) in [5.74, 6) is -0.103. The zero-order chi connectivity index (χ0) is 16.1. The highest BCUT2D eigenvalue weighted by Crippen LogP contribution is 2.25. The van der Waals surface area contributed by atoms with Crippen LogP contribution in [0.25, 0.3) is 0 Å². The fraction of sp³-hybridized carbons (Fsp3) is 0.556. The Labute approximate surface area is 131 Å². The zero-order valence-electron chi connectivity index (χ0n) is 13.3. The minimum atomic E-state index is -0.881. The van der Waals surface area contributed by atoms with Crippen LogP contribution in [-0.2, 0) is 16.0 Å². The van der Waals surface area contributed by atoms with Crippen molar-refractivity contribution >= 4 is 11.7 Å². The minimum Gasteiger partial charge on any atom is -0.392 e. The highest BCUT2D eigenvalue weighted by Gasteiger charge is 2.37. The molecule has 2 rings (SSSR count). The first kappa shape index (κ1) is 16.7. The smallest absolute Gasteiger partial charge is 0.226 e. The van der Waals surface area contributed by atoms with Crippen molar-refractivity contribution in [2.75, 3.05) is 0 Å². The number of carbonyl (C=O) groups excluding carboxylic acids is 2. The molecule has 1 aromatic rings. The third kappa shape index (κ3) is 4.67. The molecule has 0 aliphatic carbocycles. The van der Waals surface area contributed by atoms with Gasteiger partial charge in [-0.3, -0.25) is 9.59 Å². The molecule has 0 bridgehead atoms. The fourth-order valence-corrected chi connectivity index (χ4v) is 3.11. The molecule has 22 heavy (non-hydrogen) atoms. The molecular weight excluding hydrogens is 278 g/mol. The molecule has 0 spiro atoms. The Morgan fingerprint density at radius 1 is 1.32 bits per heavy atom. The quantitative estimate of drug-likeness (QED) is 0.810. The van der Waals surface area contributed by atoms with Crippen LogP contribution in [0.4, 0.5) is 0 Å². The van der Waals surface area contributed by atoms with E-state index in [1.807, 2.05) is 30.3 Å². The molecular formula is C18H25NO3. The van der Waals surface area contributed by atoms with E-state index in [-0.39, 0.29) is 24.2 Å². The van der Waals surface area contributed by atoms with Gasteiger partial charge in [0, 0.05) is 18.9 Å². The number of amides is 1. The molecule has 1 heterocycles. The van der Waals surface area contributed by atoms with Crippen LogP contribution in [0.5, 0.6) is 0 Å². The third-order valence-corrected chi connectivity index (χ3v) is 4.12. The maximum atomic E-state index is 12.1. The van der Waals surface area contributed by atoms with Gasteiger partial charge < -0.3 is 10.4 Å². The monoisotopic (exact) mass is 303 g/mol. The normalized spacial score (nSPS) is 22.6. The number of rotatable bonds is 7. The molecule has 0 saturated carbocycles. The van der Waals surface area contributed by atoms with Crippen LogP contribution in [0.3, 0.4) is 0 Å². The average Bonchev–Trinajstić information content (AvgIpc) is 2.79. The van der Waals surface area contributed by atoms with Gasteiger partial charge in [0.15, 0.2) is 0 Å². The second-order valence-electron chi connectivity index (χ2n) is 6.65. The van der Waals surface area contributed by atoms with Crippen molar-refractivity contribution in [2.45, 2.75) is 51.7 Å². The zero-order valence-corrected chi connectivity index (χ0v) is 13.3. The Morgan fingerprint density at radius 2 is 2.00 bits per heavy atom. The van der Waals surface area contributed by atoms with Crippen molar-refractivity contribution in [3.63, 3.8) is 0 Å². The summed E-state index contributed by atoms with van der Waals surface area (Å²) >= 11 is 0. The average molecular weight is 303 g/mol. The lowest BCUT2D eigenvalue weighted by Gasteiger charge is -2.15. The van der Waals surface area contributed by atoms with Gasteiger partial charge in [-0.05, 0) is 24.3 Å². The predicted octanol–water partition coefficient (Wildman–Crippen LogP) is 2.10. The Morgan fingerprint density at radius 3 is 2.64 bits per heavy atom. The Bertz CT molecular complexity index is 512. The molecule has 1 fully saturated rings. The molecule has 1 aliphatic heterocycles. The van der Waals surface area contributed by atoms with E-state index in [0.29, 0.717) is 18.8 Å². The lowest BCUT2D eigenvalue weighted by Crippen LogP contribution is -2.31. The van der Waals surface area contributed by atoms with Gasteiger partial charge in [-0.25, -0.2) is 0 Å². The first-order valence-electron chi connectivity index (χ1n) is 7.99. The van der Waals surface area contributed by atoms with Crippen LogP contribution in [0.15, 0.2) is 30.3 Å². The largest absolute Gasteiger partial charge is 0.392 e. The Kier molecular flexibility index (Phi) is 5.72. The van der Waals surface area contributed by atoms with Crippen LogP contribution < -0.4 is 5.32 Å². The van der Waals surface area contributed by atoms with Gasteiger partial charge in [-0.1, -0.05) is 44.2 Å². The van der Waals surface area contributed by atoms with Crippen LogP contribution in [0.1, 0.15) is 38.7 Å². The molecule has 1 aromatic carbocycles. The molecule has 4 heteroatoms. The van der Waals surface area contributed by atoms with Crippen LogP contribution in [-0.4, -0.2) is 28.9 Å². The van der Waals surface area contributed by atoms with E-state index in [2.05, 4.69) is 19.2 Å². The molecule has 120 valence electrons. The molecule has 2 N–H and O–H groups in total. The number of nitrogens with one attached hydrogen (secondary N) is 1. The molecule has 0 radical (unpaired) electrons. The number of hydrogen-bond donors (Lipinski definition) is 2. The summed E-state index contributed by atoms with van der Waals surface area (Å²) in [6, 6.07) is 9.59. The maximum Gasteiger partial charge on any atom is 0.226 e. The summed E-state index contributed by atoms with van der Waals surface area (Å²) in [6.07, 6.45) is 1.00. The molecule has 0 unspecified atom stereocenters. The predicted molar refractivity (Wildman–Crippen MR) is 85.3 cm³/mol. The summed E-state index contributed by atoms with van der Waals surface area (Å²) in [5.41, 5.74) is 0.938. The number of Topliss-reactive ketones (excluding diaryl/α,β-unsaturated/α-hetero) is 1. The summed E-state index contributed by atoms with van der Waals surface area (Å²) in [6.45, 7) is 4.22. The SMILES string of the molecule is CC(C)C[C@H]1C[C@H]([C@@H](O)CC(=O)Cc2ccccc2)C(=O)N1. The van der Waals surface area contributed by atoms with Gasteiger partial charge in [-0.2, -0.15) is 0 Å². The van der Waals surface area contributed by atoms with Crippen molar-refractivity contribution in [2.24, 2.45) is 11.8 Å². The standard InChI is InChI=1S/C18H25NO3/c1-12(2)8-14-10-16(18(22)19-14)17(21)11-15(20)9-13-6-4-3-5-7-13/h3-7,12,14,16-17,21H,8-11H2,1-2H3,(H,19,22)/t14-,16+,17-/m0/s1. The van der Waals surface area contributed by atoms with Gasteiger partial charge in [-0.15, -0.1) is 0 Å². The Balaban J connectivity index is 1.85. The van der Waals surface area contributed by atoms with Crippen molar-refractivity contribution in [3.05, 3.63) is 35.9 Å². The maximum absolute atomic E-state index is 12.1. The summed E-state index contributed by atoms with van der Waals surface area (Å²) < 4.78 is 0. The lowest BCUT2D eigenvalue weighted by atomic mass is 9.91. The fourth-order valence-electron chi connectivity index (χ4n) is 3.11. The topological polar surface area (TPSA) is 66.4 Å². The van der Waals surface area contributed by atoms with E-state index in [1.165, 1.54) is 0 Å². The number of ketones is 1. The number of aliphatic hydroxyl groups excluding tert-OH is 1. The van der Waals surface area contributed by atoms with Gasteiger partial charge in [0.1, 0.15) is 5.78 Å². The van der Waals surface area contributed by atoms with Crippen molar-refractivity contribution < 1.29 is 14.7 Å². The first-order chi connectivity index (χ1) is 10.5. The van der Waals surface area contributed by atoms with E-state index in [1.54, 1.807) is 0 Å². The van der Waals surface area contributed by atoms with Crippen molar-refractivity contribution in [1.82, 2.24) is 5.32 Å². The molecule has 1 aliphatic rings. The van der Waals surface area contributed by atoms with Crippen molar-refractivity contribution in [1.29, 1.82) is 0 Å². The van der Waals surface area contributed by atoms with E-state index in [4.69, 9.17) is 0 Å². The van der Waals surface area contributed by atoms with Gasteiger partial charge in [0.2, 0.25) is 5.91 Å². The molecule has 1 amide bonds. The van der Waals surface area contributed by atoms with Crippen LogP contribution >= 0.6 is 0 Å². The minimum absolute atomic E-state index is 0.0289. The van der Waals surface area contributed by atoms with Gasteiger partial charge in [0.25, 0.3) is 0 Å². The highest BCUT2D eigenvalue weighted by molar-refractivity contribution is 5.85. The molecule has 3 atom stereocenters.